The first kappa shape index (κ1) is 17.8. The van der Waals surface area contributed by atoms with Gasteiger partial charge < -0.3 is 5.11 Å². The Morgan fingerprint density at radius 1 is 1.31 bits per heavy atom. The highest BCUT2D eigenvalue weighted by molar-refractivity contribution is 9.10. The largest absolute Gasteiger partial charge is 0.481 e. The van der Waals surface area contributed by atoms with E-state index in [0.717, 1.165) is 23.0 Å². The first-order chi connectivity index (χ1) is 12.6. The van der Waals surface area contributed by atoms with E-state index in [-0.39, 0.29) is 5.75 Å². The van der Waals surface area contributed by atoms with E-state index in [9.17, 15) is 4.79 Å². The predicted molar refractivity (Wildman–Crippen MR) is 106 cm³/mol. The van der Waals surface area contributed by atoms with Crippen molar-refractivity contribution in [1.82, 2.24) is 14.8 Å². The van der Waals surface area contributed by atoms with Crippen LogP contribution in [0.2, 0.25) is 0 Å². The average Bonchev–Trinajstić information content (AvgIpc) is 3.40. The van der Waals surface area contributed by atoms with E-state index in [0.29, 0.717) is 27.3 Å². The molecule has 1 heterocycles. The molecule has 0 radical (unpaired) electrons. The van der Waals surface area contributed by atoms with Gasteiger partial charge in [-0.05, 0) is 45.8 Å². The molecule has 0 saturated heterocycles. The summed E-state index contributed by atoms with van der Waals surface area (Å²) >= 11 is 11.3. The molecule has 134 valence electrons. The van der Waals surface area contributed by atoms with Gasteiger partial charge in [0.25, 0.3) is 0 Å². The van der Waals surface area contributed by atoms with Crippen molar-refractivity contribution < 1.29 is 9.90 Å². The van der Waals surface area contributed by atoms with Gasteiger partial charge in [-0.25, -0.2) is 0 Å². The summed E-state index contributed by atoms with van der Waals surface area (Å²) in [7, 11) is 0. The molecule has 2 aliphatic carbocycles. The number of carboxylic acids is 1. The van der Waals surface area contributed by atoms with E-state index in [2.05, 4.69) is 38.3 Å². The first-order valence-electron chi connectivity index (χ1n) is 8.20. The second-order valence-electron chi connectivity index (χ2n) is 6.21. The van der Waals surface area contributed by atoms with Crippen LogP contribution in [0.25, 0.3) is 11.3 Å². The predicted octanol–water partition coefficient (Wildman–Crippen LogP) is 4.87. The number of rotatable bonds is 5. The normalized spacial score (nSPS) is 16.9. The number of fused-ring (bicyclic) bond motifs is 1. The van der Waals surface area contributed by atoms with Gasteiger partial charge in [-0.2, -0.15) is 0 Å². The Bertz CT molecular complexity index is 950. The lowest BCUT2D eigenvalue weighted by atomic mass is 9.95. The summed E-state index contributed by atoms with van der Waals surface area (Å²) in [4.78, 5) is 11.0. The average molecular weight is 453 g/mol. The van der Waals surface area contributed by atoms with Gasteiger partial charge in [0.2, 0.25) is 4.73 Å². The molecule has 1 aromatic heterocycles. The second kappa shape index (κ2) is 7.21. The molecule has 0 amide bonds. The minimum absolute atomic E-state index is 0.0940. The van der Waals surface area contributed by atoms with Crippen LogP contribution in [0.5, 0.6) is 0 Å². The SMILES string of the molecule is O=C(O)CSc1nnc(Br)n1C1=C(Cl)CC=C(C2CC2)c2ccccc21. The van der Waals surface area contributed by atoms with Gasteiger partial charge in [-0.1, -0.05) is 53.7 Å². The molecule has 0 atom stereocenters. The lowest BCUT2D eigenvalue weighted by Crippen LogP contribution is -2.07. The van der Waals surface area contributed by atoms with Gasteiger partial charge in [0.15, 0.2) is 5.16 Å². The molecule has 2 aromatic rings. The molecule has 2 aliphatic rings. The van der Waals surface area contributed by atoms with Crippen LogP contribution < -0.4 is 0 Å². The van der Waals surface area contributed by atoms with Gasteiger partial charge >= 0.3 is 5.97 Å². The Hall–Kier alpha value is -1.57. The number of nitrogens with zero attached hydrogens (tertiary/aromatic N) is 3. The number of carboxylic acid groups (broad SMARTS) is 1. The van der Waals surface area contributed by atoms with Crippen LogP contribution in [-0.4, -0.2) is 31.6 Å². The zero-order chi connectivity index (χ0) is 18.3. The quantitative estimate of drug-likeness (QED) is 0.656. The minimum atomic E-state index is -0.903. The molecule has 4 rings (SSSR count). The maximum atomic E-state index is 11.0. The molecular formula is C18H15BrClN3O2S. The summed E-state index contributed by atoms with van der Waals surface area (Å²) < 4.78 is 2.31. The standard InChI is InChI=1S/C18H15BrClN3O2S/c19-17-21-22-18(26-9-15(24)25)23(17)16-13-4-2-1-3-12(13)11(10-5-6-10)7-8-14(16)20/h1-4,7,10H,5-6,8-9H2,(H,24,25). The smallest absolute Gasteiger partial charge is 0.313 e. The van der Waals surface area contributed by atoms with E-state index in [1.54, 1.807) is 4.57 Å². The molecule has 0 aliphatic heterocycles. The Morgan fingerprint density at radius 2 is 2.04 bits per heavy atom. The monoisotopic (exact) mass is 451 g/mol. The molecule has 1 saturated carbocycles. The van der Waals surface area contributed by atoms with Gasteiger partial charge in [0.1, 0.15) is 0 Å². The molecule has 5 nitrogen and oxygen atoms in total. The maximum Gasteiger partial charge on any atom is 0.313 e. The van der Waals surface area contributed by atoms with Crippen LogP contribution in [-0.2, 0) is 4.79 Å². The van der Waals surface area contributed by atoms with Gasteiger partial charge in [0, 0.05) is 17.0 Å². The Kier molecular flexibility index (Phi) is 4.94. The van der Waals surface area contributed by atoms with E-state index < -0.39 is 5.97 Å². The van der Waals surface area contributed by atoms with Crippen molar-refractivity contribution in [3.8, 4) is 0 Å². The van der Waals surface area contributed by atoms with Crippen molar-refractivity contribution in [2.75, 3.05) is 5.75 Å². The van der Waals surface area contributed by atoms with E-state index >= 15 is 0 Å². The number of aliphatic carboxylic acids is 1. The van der Waals surface area contributed by atoms with Crippen LogP contribution in [0.1, 0.15) is 30.4 Å². The highest BCUT2D eigenvalue weighted by atomic mass is 79.9. The van der Waals surface area contributed by atoms with E-state index in [1.807, 2.05) is 18.2 Å². The minimum Gasteiger partial charge on any atom is -0.481 e. The number of hydrogen-bond acceptors (Lipinski definition) is 4. The Balaban J connectivity index is 1.85. The third kappa shape index (κ3) is 3.35. The molecule has 0 unspecified atom stereocenters. The molecular weight excluding hydrogens is 438 g/mol. The van der Waals surface area contributed by atoms with Gasteiger partial charge in [-0.3, -0.25) is 9.36 Å². The summed E-state index contributed by atoms with van der Waals surface area (Å²) in [6.45, 7) is 0. The fraction of sp³-hybridized carbons (Fsp3) is 0.278. The summed E-state index contributed by atoms with van der Waals surface area (Å²) in [5.74, 6) is -0.395. The number of aromatic nitrogens is 3. The number of carbonyl (C=O) groups is 1. The topological polar surface area (TPSA) is 68.0 Å². The third-order valence-corrected chi connectivity index (χ3v) is 6.17. The van der Waals surface area contributed by atoms with Gasteiger partial charge in [0.05, 0.1) is 11.4 Å². The highest BCUT2D eigenvalue weighted by Gasteiger charge is 2.31. The number of halogens is 2. The van der Waals surface area contributed by atoms with Crippen molar-refractivity contribution in [3.63, 3.8) is 0 Å². The molecule has 0 bridgehead atoms. The summed E-state index contributed by atoms with van der Waals surface area (Å²) in [5.41, 5.74) is 4.35. The molecule has 1 aromatic carbocycles. The maximum absolute atomic E-state index is 11.0. The fourth-order valence-electron chi connectivity index (χ4n) is 3.18. The number of hydrogen-bond donors (Lipinski definition) is 1. The Labute approximate surface area is 168 Å². The van der Waals surface area contributed by atoms with E-state index in [4.69, 9.17) is 16.7 Å². The molecule has 1 fully saturated rings. The zero-order valence-corrected chi connectivity index (χ0v) is 16.8. The molecule has 1 N–H and O–H groups in total. The lowest BCUT2D eigenvalue weighted by Gasteiger charge is -2.17. The lowest BCUT2D eigenvalue weighted by molar-refractivity contribution is -0.133. The van der Waals surface area contributed by atoms with Crippen molar-refractivity contribution in [1.29, 1.82) is 0 Å². The molecule has 8 heteroatoms. The van der Waals surface area contributed by atoms with Crippen LogP contribution in [0, 0.1) is 5.92 Å². The zero-order valence-electron chi connectivity index (χ0n) is 13.7. The van der Waals surface area contributed by atoms with Crippen molar-refractivity contribution >= 4 is 56.5 Å². The molecule has 26 heavy (non-hydrogen) atoms. The van der Waals surface area contributed by atoms with E-state index in [1.165, 1.54) is 24.0 Å². The summed E-state index contributed by atoms with van der Waals surface area (Å²) in [6.07, 6.45) is 5.27. The third-order valence-electron chi connectivity index (χ3n) is 4.41. The number of allylic oxidation sites excluding steroid dienone is 3. The van der Waals surface area contributed by atoms with Crippen molar-refractivity contribution in [3.05, 3.63) is 51.2 Å². The molecule has 0 spiro atoms. The van der Waals surface area contributed by atoms with Crippen molar-refractivity contribution in [2.45, 2.75) is 24.4 Å². The van der Waals surface area contributed by atoms with Crippen LogP contribution in [0.3, 0.4) is 0 Å². The second-order valence-corrected chi connectivity index (χ2v) is 8.31. The fourth-order valence-corrected chi connectivity index (χ4v) is 4.64. The van der Waals surface area contributed by atoms with Gasteiger partial charge in [-0.15, -0.1) is 10.2 Å². The van der Waals surface area contributed by atoms with Crippen LogP contribution in [0.4, 0.5) is 0 Å². The Morgan fingerprint density at radius 3 is 2.73 bits per heavy atom. The highest BCUT2D eigenvalue weighted by Crippen LogP contribution is 2.47. The van der Waals surface area contributed by atoms with Crippen LogP contribution in [0.15, 0.2) is 45.3 Å². The number of benzene rings is 1. The number of thioether (sulfide) groups is 1. The summed E-state index contributed by atoms with van der Waals surface area (Å²) in [5, 5.41) is 18.4. The summed E-state index contributed by atoms with van der Waals surface area (Å²) in [6, 6.07) is 8.19. The van der Waals surface area contributed by atoms with Crippen molar-refractivity contribution in [2.24, 2.45) is 5.92 Å². The van der Waals surface area contributed by atoms with Crippen LogP contribution >= 0.6 is 39.3 Å². The first-order valence-corrected chi connectivity index (χ1v) is 10.4.